The lowest BCUT2D eigenvalue weighted by atomic mass is 10.1. The van der Waals surface area contributed by atoms with Gasteiger partial charge in [-0.2, -0.15) is 0 Å². The Kier molecular flexibility index (Phi) is 3.23. The smallest absolute Gasteiger partial charge is 0.123 e. The monoisotopic (exact) mass is 264 g/mol. The average molecular weight is 264 g/mol. The topological polar surface area (TPSA) is 35.5 Å². The van der Waals surface area contributed by atoms with E-state index in [-0.39, 0.29) is 5.82 Å². The molecule has 1 heterocycles. The van der Waals surface area contributed by atoms with Gasteiger partial charge in [-0.3, -0.25) is 0 Å². The van der Waals surface area contributed by atoms with Crippen LogP contribution in [0.1, 0.15) is 31.7 Å². The Morgan fingerprint density at radius 1 is 1.47 bits per heavy atom. The highest BCUT2D eigenvalue weighted by Gasteiger charge is 2.32. The number of anilines is 1. The third-order valence-corrected chi connectivity index (χ3v) is 3.99. The zero-order valence-corrected chi connectivity index (χ0v) is 11.3. The molecule has 0 bridgehead atoms. The molecule has 0 radical (unpaired) electrons. The van der Waals surface area contributed by atoms with E-state index < -0.39 is 5.60 Å². The molecular formula is C15H21FN2O. The van der Waals surface area contributed by atoms with E-state index in [1.165, 1.54) is 18.9 Å². The van der Waals surface area contributed by atoms with Crippen molar-refractivity contribution >= 4 is 5.69 Å². The van der Waals surface area contributed by atoms with Gasteiger partial charge in [-0.05, 0) is 49.9 Å². The van der Waals surface area contributed by atoms with Crippen LogP contribution in [-0.2, 0) is 6.54 Å². The SMILES string of the molecule is CC1(O)CCN(c2ccc(F)cc2CNC2CC2)C1. The van der Waals surface area contributed by atoms with Gasteiger partial charge in [-0.15, -0.1) is 0 Å². The van der Waals surface area contributed by atoms with E-state index in [2.05, 4.69) is 10.2 Å². The minimum absolute atomic E-state index is 0.192. The minimum atomic E-state index is -0.629. The molecule has 1 aliphatic heterocycles. The maximum Gasteiger partial charge on any atom is 0.123 e. The lowest BCUT2D eigenvalue weighted by molar-refractivity contribution is 0.0839. The van der Waals surface area contributed by atoms with Crippen LogP contribution in [0.3, 0.4) is 0 Å². The van der Waals surface area contributed by atoms with E-state index in [0.29, 0.717) is 19.1 Å². The summed E-state index contributed by atoms with van der Waals surface area (Å²) in [6.45, 7) is 4.01. The van der Waals surface area contributed by atoms with Gasteiger partial charge < -0.3 is 15.3 Å². The van der Waals surface area contributed by atoms with Gasteiger partial charge >= 0.3 is 0 Å². The Balaban J connectivity index is 1.78. The second kappa shape index (κ2) is 4.76. The molecule has 19 heavy (non-hydrogen) atoms. The van der Waals surface area contributed by atoms with Crippen LogP contribution < -0.4 is 10.2 Å². The fourth-order valence-corrected chi connectivity index (χ4v) is 2.70. The third kappa shape index (κ3) is 3.07. The molecule has 1 saturated carbocycles. The van der Waals surface area contributed by atoms with E-state index in [1.807, 2.05) is 13.0 Å². The van der Waals surface area contributed by atoms with E-state index in [1.54, 1.807) is 6.07 Å². The first-order valence-corrected chi connectivity index (χ1v) is 7.03. The summed E-state index contributed by atoms with van der Waals surface area (Å²) in [7, 11) is 0. The zero-order chi connectivity index (χ0) is 13.5. The Morgan fingerprint density at radius 2 is 2.26 bits per heavy atom. The summed E-state index contributed by atoms with van der Waals surface area (Å²) in [6, 6.07) is 5.55. The normalized spacial score (nSPS) is 27.0. The molecule has 1 aromatic rings. The first kappa shape index (κ1) is 12.9. The van der Waals surface area contributed by atoms with Gasteiger partial charge in [-0.1, -0.05) is 0 Å². The number of hydrogen-bond donors (Lipinski definition) is 2. The van der Waals surface area contributed by atoms with Gasteiger partial charge in [0.2, 0.25) is 0 Å². The van der Waals surface area contributed by atoms with Crippen molar-refractivity contribution in [3.63, 3.8) is 0 Å². The molecule has 3 nitrogen and oxygen atoms in total. The Bertz CT molecular complexity index is 471. The van der Waals surface area contributed by atoms with Crippen molar-refractivity contribution in [1.29, 1.82) is 0 Å². The highest BCUT2D eigenvalue weighted by Crippen LogP contribution is 2.30. The summed E-state index contributed by atoms with van der Waals surface area (Å²) in [5, 5.41) is 13.5. The summed E-state index contributed by atoms with van der Waals surface area (Å²) in [5.41, 5.74) is 1.41. The number of benzene rings is 1. The quantitative estimate of drug-likeness (QED) is 0.873. The molecule has 4 heteroatoms. The Labute approximate surface area is 113 Å². The standard InChI is InChI=1S/C15H21FN2O/c1-15(19)6-7-18(10-15)14-5-2-12(16)8-11(14)9-17-13-3-4-13/h2,5,8,13,17,19H,3-4,6-7,9-10H2,1H3. The van der Waals surface area contributed by atoms with Crippen LogP contribution >= 0.6 is 0 Å². The van der Waals surface area contributed by atoms with Crippen molar-refractivity contribution in [2.24, 2.45) is 0 Å². The molecule has 1 aliphatic carbocycles. The summed E-state index contributed by atoms with van der Waals surface area (Å²) in [5.74, 6) is -0.192. The third-order valence-electron chi connectivity index (χ3n) is 3.99. The molecule has 1 unspecified atom stereocenters. The van der Waals surface area contributed by atoms with Crippen LogP contribution in [0.15, 0.2) is 18.2 Å². The van der Waals surface area contributed by atoms with Gasteiger partial charge in [0.1, 0.15) is 5.82 Å². The largest absolute Gasteiger partial charge is 0.388 e. The highest BCUT2D eigenvalue weighted by atomic mass is 19.1. The van der Waals surface area contributed by atoms with Crippen LogP contribution in [-0.4, -0.2) is 29.8 Å². The molecule has 2 fully saturated rings. The second-order valence-corrected chi connectivity index (χ2v) is 6.10. The summed E-state index contributed by atoms with van der Waals surface area (Å²) in [4.78, 5) is 2.16. The van der Waals surface area contributed by atoms with E-state index in [0.717, 1.165) is 24.2 Å². The van der Waals surface area contributed by atoms with Crippen molar-refractivity contribution in [3.8, 4) is 0 Å². The lowest BCUT2D eigenvalue weighted by Gasteiger charge is -2.24. The van der Waals surface area contributed by atoms with Crippen LogP contribution in [0.5, 0.6) is 0 Å². The molecule has 1 aromatic carbocycles. The summed E-state index contributed by atoms with van der Waals surface area (Å²) in [6.07, 6.45) is 3.21. The number of halogens is 1. The van der Waals surface area contributed by atoms with Crippen molar-refractivity contribution in [2.45, 2.75) is 44.4 Å². The maximum absolute atomic E-state index is 13.4. The first-order chi connectivity index (χ1) is 9.03. The molecule has 1 saturated heterocycles. The number of nitrogens with one attached hydrogen (secondary N) is 1. The maximum atomic E-state index is 13.4. The predicted octanol–water partition coefficient (Wildman–Crippen LogP) is 2.04. The second-order valence-electron chi connectivity index (χ2n) is 6.10. The Hall–Kier alpha value is -1.13. The van der Waals surface area contributed by atoms with Crippen molar-refractivity contribution in [1.82, 2.24) is 5.32 Å². The summed E-state index contributed by atoms with van der Waals surface area (Å²) >= 11 is 0. The fraction of sp³-hybridized carbons (Fsp3) is 0.600. The first-order valence-electron chi connectivity index (χ1n) is 7.03. The molecule has 3 rings (SSSR count). The van der Waals surface area contributed by atoms with Gasteiger partial charge in [0.15, 0.2) is 0 Å². The number of β-amino-alcohol motifs (C(OH)–C–C–N with tert-alkyl or cyclic N) is 1. The van der Waals surface area contributed by atoms with Crippen LogP contribution in [0, 0.1) is 5.82 Å². The Morgan fingerprint density at radius 3 is 2.89 bits per heavy atom. The number of nitrogens with zero attached hydrogens (tertiary/aromatic N) is 1. The van der Waals surface area contributed by atoms with Crippen LogP contribution in [0.4, 0.5) is 10.1 Å². The number of hydrogen-bond acceptors (Lipinski definition) is 3. The van der Waals surface area contributed by atoms with Crippen molar-refractivity contribution in [3.05, 3.63) is 29.6 Å². The van der Waals surface area contributed by atoms with E-state index in [9.17, 15) is 9.50 Å². The molecule has 104 valence electrons. The zero-order valence-electron chi connectivity index (χ0n) is 11.3. The van der Waals surface area contributed by atoms with E-state index in [4.69, 9.17) is 0 Å². The van der Waals surface area contributed by atoms with Gasteiger partial charge in [0.25, 0.3) is 0 Å². The fourth-order valence-electron chi connectivity index (χ4n) is 2.70. The minimum Gasteiger partial charge on any atom is -0.388 e. The number of aliphatic hydroxyl groups is 1. The molecule has 2 aliphatic rings. The number of rotatable bonds is 4. The van der Waals surface area contributed by atoms with E-state index >= 15 is 0 Å². The van der Waals surface area contributed by atoms with Gasteiger partial charge in [-0.25, -0.2) is 4.39 Å². The molecule has 1 atom stereocenters. The molecule has 0 aromatic heterocycles. The average Bonchev–Trinajstić information content (AvgIpc) is 3.10. The van der Waals surface area contributed by atoms with Crippen LogP contribution in [0.25, 0.3) is 0 Å². The van der Waals surface area contributed by atoms with Gasteiger partial charge in [0, 0.05) is 31.4 Å². The van der Waals surface area contributed by atoms with Crippen LogP contribution in [0.2, 0.25) is 0 Å². The van der Waals surface area contributed by atoms with Crippen molar-refractivity contribution in [2.75, 3.05) is 18.0 Å². The molecule has 0 amide bonds. The van der Waals surface area contributed by atoms with Crippen molar-refractivity contribution < 1.29 is 9.50 Å². The molecular weight excluding hydrogens is 243 g/mol. The molecule has 0 spiro atoms. The highest BCUT2D eigenvalue weighted by molar-refractivity contribution is 5.55. The lowest BCUT2D eigenvalue weighted by Crippen LogP contribution is -2.30. The van der Waals surface area contributed by atoms with Gasteiger partial charge in [0.05, 0.1) is 5.60 Å². The predicted molar refractivity (Wildman–Crippen MR) is 73.7 cm³/mol. The molecule has 2 N–H and O–H groups in total. The summed E-state index contributed by atoms with van der Waals surface area (Å²) < 4.78 is 13.4.